The highest BCUT2D eigenvalue weighted by atomic mass is 32.1. The van der Waals surface area contributed by atoms with E-state index >= 15 is 0 Å². The molecule has 25 heavy (non-hydrogen) atoms. The quantitative estimate of drug-likeness (QED) is 0.325. The third-order valence-corrected chi connectivity index (χ3v) is 4.11. The van der Waals surface area contributed by atoms with Gasteiger partial charge in [0.2, 0.25) is 11.5 Å². The standard InChI is InChI=1S/C17H17NO6S/c1-10(15(19)14-6-5-7-25-14)18-24-17(20)11-8-12(21-2)16(23-4)13(9-11)22-3/h5-9H,1-4H3/b18-10-. The third-order valence-electron chi connectivity index (χ3n) is 3.24. The first-order valence-corrected chi connectivity index (χ1v) is 8.04. The molecule has 7 nitrogen and oxygen atoms in total. The number of carbonyl (C=O) groups excluding carboxylic acids is 2. The lowest BCUT2D eigenvalue weighted by Gasteiger charge is -2.13. The van der Waals surface area contributed by atoms with E-state index in [-0.39, 0.29) is 17.1 Å². The maximum absolute atomic E-state index is 12.2. The molecule has 0 aliphatic carbocycles. The van der Waals surface area contributed by atoms with Crippen molar-refractivity contribution in [3.05, 3.63) is 40.1 Å². The van der Waals surface area contributed by atoms with Crippen LogP contribution in [0.5, 0.6) is 17.2 Å². The van der Waals surface area contributed by atoms with Crippen LogP contribution in [0.2, 0.25) is 0 Å². The predicted molar refractivity (Wildman–Crippen MR) is 93.3 cm³/mol. The zero-order chi connectivity index (χ0) is 18.4. The third kappa shape index (κ3) is 4.16. The van der Waals surface area contributed by atoms with E-state index in [4.69, 9.17) is 19.0 Å². The summed E-state index contributed by atoms with van der Waals surface area (Å²) < 4.78 is 15.6. The Morgan fingerprint density at radius 2 is 1.68 bits per heavy atom. The van der Waals surface area contributed by atoms with Crippen LogP contribution in [-0.4, -0.2) is 38.8 Å². The monoisotopic (exact) mass is 363 g/mol. The fraction of sp³-hybridized carbons (Fsp3) is 0.235. The summed E-state index contributed by atoms with van der Waals surface area (Å²) in [6.45, 7) is 1.48. The van der Waals surface area contributed by atoms with Crippen molar-refractivity contribution in [2.24, 2.45) is 5.16 Å². The van der Waals surface area contributed by atoms with Gasteiger partial charge >= 0.3 is 5.97 Å². The zero-order valence-corrected chi connectivity index (χ0v) is 15.0. The highest BCUT2D eigenvalue weighted by Gasteiger charge is 2.19. The molecule has 0 atom stereocenters. The number of ketones is 1. The van der Waals surface area contributed by atoms with E-state index in [9.17, 15) is 9.59 Å². The summed E-state index contributed by atoms with van der Waals surface area (Å²) in [4.78, 5) is 29.7. The SMILES string of the molecule is COc1cc(C(=O)O/N=C(/C)C(=O)c2cccs2)cc(OC)c1OC. The van der Waals surface area contributed by atoms with Crippen molar-refractivity contribution in [1.82, 2.24) is 0 Å². The number of thiophene rings is 1. The topological polar surface area (TPSA) is 83.4 Å². The van der Waals surface area contributed by atoms with Crippen LogP contribution < -0.4 is 14.2 Å². The number of benzene rings is 1. The number of methoxy groups -OCH3 is 3. The van der Waals surface area contributed by atoms with Gasteiger partial charge in [0.1, 0.15) is 5.71 Å². The summed E-state index contributed by atoms with van der Waals surface area (Å²) in [5.74, 6) is -0.0762. The van der Waals surface area contributed by atoms with E-state index in [1.807, 2.05) is 0 Å². The summed E-state index contributed by atoms with van der Waals surface area (Å²) in [6, 6.07) is 6.31. The van der Waals surface area contributed by atoms with Gasteiger partial charge in [-0.3, -0.25) is 4.79 Å². The van der Waals surface area contributed by atoms with Crippen molar-refractivity contribution in [3.8, 4) is 17.2 Å². The molecule has 1 aromatic carbocycles. The van der Waals surface area contributed by atoms with Gasteiger partial charge in [-0.25, -0.2) is 4.79 Å². The molecule has 1 aromatic heterocycles. The molecule has 2 rings (SSSR count). The molecule has 1 heterocycles. The van der Waals surface area contributed by atoms with Crippen LogP contribution in [0.1, 0.15) is 27.0 Å². The number of Topliss-reactive ketones (excluding diaryl/α,β-unsaturated/α-hetero) is 1. The van der Waals surface area contributed by atoms with E-state index < -0.39 is 5.97 Å². The Bertz CT molecular complexity index is 772. The molecule has 0 bridgehead atoms. The van der Waals surface area contributed by atoms with Crippen molar-refractivity contribution >= 4 is 28.8 Å². The van der Waals surface area contributed by atoms with Gasteiger partial charge < -0.3 is 19.0 Å². The molecule has 2 aromatic rings. The molecule has 132 valence electrons. The first-order valence-electron chi connectivity index (χ1n) is 7.16. The second-order valence-corrected chi connectivity index (χ2v) is 5.72. The minimum Gasteiger partial charge on any atom is -0.493 e. The number of carbonyl (C=O) groups is 2. The Balaban J connectivity index is 2.20. The van der Waals surface area contributed by atoms with Crippen LogP contribution in [-0.2, 0) is 4.84 Å². The molecular weight excluding hydrogens is 346 g/mol. The molecule has 0 fully saturated rings. The lowest BCUT2D eigenvalue weighted by molar-refractivity contribution is 0.0514. The maximum atomic E-state index is 12.2. The van der Waals surface area contributed by atoms with Gasteiger partial charge in [0.15, 0.2) is 11.5 Å². The summed E-state index contributed by atoms with van der Waals surface area (Å²) in [7, 11) is 4.34. The smallest absolute Gasteiger partial charge is 0.366 e. The second-order valence-electron chi connectivity index (χ2n) is 4.78. The van der Waals surface area contributed by atoms with Crippen molar-refractivity contribution in [2.75, 3.05) is 21.3 Å². The largest absolute Gasteiger partial charge is 0.493 e. The van der Waals surface area contributed by atoms with Crippen LogP contribution in [0.25, 0.3) is 0 Å². The van der Waals surface area contributed by atoms with Crippen LogP contribution in [0.3, 0.4) is 0 Å². The van der Waals surface area contributed by atoms with Gasteiger partial charge in [-0.2, -0.15) is 0 Å². The normalized spacial score (nSPS) is 11.0. The number of ether oxygens (including phenoxy) is 3. The molecule has 0 unspecified atom stereocenters. The Hall–Kier alpha value is -2.87. The summed E-state index contributed by atoms with van der Waals surface area (Å²) in [5.41, 5.74) is 0.220. The minimum atomic E-state index is -0.752. The highest BCUT2D eigenvalue weighted by Crippen LogP contribution is 2.38. The predicted octanol–water partition coefficient (Wildman–Crippen LogP) is 3.19. The van der Waals surface area contributed by atoms with Gasteiger partial charge in [0.25, 0.3) is 0 Å². The highest BCUT2D eigenvalue weighted by molar-refractivity contribution is 7.13. The fourth-order valence-electron chi connectivity index (χ4n) is 1.99. The minimum absolute atomic E-state index is 0.0724. The van der Waals surface area contributed by atoms with E-state index in [0.717, 1.165) is 0 Å². The number of nitrogens with zero attached hydrogens (tertiary/aromatic N) is 1. The van der Waals surface area contributed by atoms with Crippen LogP contribution >= 0.6 is 11.3 Å². The molecule has 0 saturated carbocycles. The van der Waals surface area contributed by atoms with Crippen LogP contribution in [0.4, 0.5) is 0 Å². The van der Waals surface area contributed by atoms with Crippen molar-refractivity contribution < 1.29 is 28.6 Å². The fourth-order valence-corrected chi connectivity index (χ4v) is 2.70. The molecule has 0 radical (unpaired) electrons. The van der Waals surface area contributed by atoms with E-state index in [2.05, 4.69) is 5.16 Å². The van der Waals surface area contributed by atoms with Crippen LogP contribution in [0, 0.1) is 0 Å². The van der Waals surface area contributed by atoms with Crippen molar-refractivity contribution in [1.29, 1.82) is 0 Å². The molecule has 0 N–H and O–H groups in total. The number of oxime groups is 1. The van der Waals surface area contributed by atoms with E-state index in [0.29, 0.717) is 22.1 Å². The summed E-state index contributed by atoms with van der Waals surface area (Å²) in [6.07, 6.45) is 0. The van der Waals surface area contributed by atoms with E-state index in [1.165, 1.54) is 51.7 Å². The van der Waals surface area contributed by atoms with Crippen LogP contribution in [0.15, 0.2) is 34.8 Å². The molecule has 0 saturated heterocycles. The molecular formula is C17H17NO6S. The van der Waals surface area contributed by atoms with Crippen molar-refractivity contribution in [2.45, 2.75) is 6.92 Å². The molecule has 0 amide bonds. The lowest BCUT2D eigenvalue weighted by atomic mass is 10.2. The number of hydrogen-bond acceptors (Lipinski definition) is 8. The Morgan fingerprint density at radius 3 is 2.16 bits per heavy atom. The second kappa shape index (κ2) is 8.29. The van der Waals surface area contributed by atoms with E-state index in [1.54, 1.807) is 17.5 Å². The Kier molecular flexibility index (Phi) is 6.13. The first kappa shape index (κ1) is 18.5. The number of rotatable bonds is 7. The Labute approximate surface area is 148 Å². The van der Waals surface area contributed by atoms with Gasteiger partial charge in [-0.1, -0.05) is 11.2 Å². The molecule has 0 aliphatic heterocycles. The van der Waals surface area contributed by atoms with Gasteiger partial charge in [0.05, 0.1) is 31.8 Å². The first-order chi connectivity index (χ1) is 12.0. The summed E-state index contributed by atoms with van der Waals surface area (Å²) >= 11 is 1.29. The average Bonchev–Trinajstić information content (AvgIpc) is 3.18. The van der Waals surface area contributed by atoms with Gasteiger partial charge in [-0.15, -0.1) is 11.3 Å². The summed E-state index contributed by atoms with van der Waals surface area (Å²) in [5, 5.41) is 5.40. The Morgan fingerprint density at radius 1 is 1.04 bits per heavy atom. The lowest BCUT2D eigenvalue weighted by Crippen LogP contribution is -2.11. The molecule has 8 heteroatoms. The van der Waals surface area contributed by atoms with Gasteiger partial charge in [-0.05, 0) is 30.5 Å². The van der Waals surface area contributed by atoms with Crippen molar-refractivity contribution in [3.63, 3.8) is 0 Å². The maximum Gasteiger partial charge on any atom is 0.366 e. The average molecular weight is 363 g/mol. The number of hydrogen-bond donors (Lipinski definition) is 0. The zero-order valence-electron chi connectivity index (χ0n) is 14.2. The molecule has 0 spiro atoms. The van der Waals surface area contributed by atoms with Gasteiger partial charge in [0, 0.05) is 0 Å². The molecule has 0 aliphatic rings.